The van der Waals surface area contributed by atoms with Crippen LogP contribution in [0.5, 0.6) is 0 Å². The van der Waals surface area contributed by atoms with Gasteiger partial charge in [-0.15, -0.1) is 16.8 Å². The minimum atomic E-state index is -0.323. The molecule has 5 nitrogen and oxygen atoms in total. The van der Waals surface area contributed by atoms with Gasteiger partial charge < -0.3 is 4.90 Å². The van der Waals surface area contributed by atoms with Crippen LogP contribution in [0.4, 0.5) is 5.69 Å². The first-order valence-corrected chi connectivity index (χ1v) is 10.1. The van der Waals surface area contributed by atoms with Crippen molar-refractivity contribution < 1.29 is 4.79 Å². The summed E-state index contributed by atoms with van der Waals surface area (Å²) in [5.74, 6) is 0.715. The van der Waals surface area contributed by atoms with Crippen LogP contribution in [0, 0.1) is 0 Å². The van der Waals surface area contributed by atoms with Crippen molar-refractivity contribution in [1.82, 2.24) is 14.8 Å². The van der Waals surface area contributed by atoms with E-state index in [4.69, 9.17) is 11.6 Å². The zero-order chi connectivity index (χ0) is 20.1. The van der Waals surface area contributed by atoms with Gasteiger partial charge in [0.25, 0.3) is 0 Å². The molecule has 1 amide bonds. The van der Waals surface area contributed by atoms with Crippen LogP contribution in [0.15, 0.2) is 72.4 Å². The molecule has 3 rings (SSSR count). The third-order valence-electron chi connectivity index (χ3n) is 4.23. The number of allylic oxidation sites excluding steroid dienone is 1. The summed E-state index contributed by atoms with van der Waals surface area (Å²) >= 11 is 7.37. The summed E-state index contributed by atoms with van der Waals surface area (Å²) in [5.41, 5.74) is 1.76. The summed E-state index contributed by atoms with van der Waals surface area (Å²) in [5, 5.41) is 9.65. The molecule has 0 unspecified atom stereocenters. The van der Waals surface area contributed by atoms with E-state index < -0.39 is 0 Å². The number of halogens is 1. The largest absolute Gasteiger partial charge is 0.315 e. The minimum absolute atomic E-state index is 0.00241. The summed E-state index contributed by atoms with van der Waals surface area (Å²) in [6.45, 7) is 6.25. The molecule has 3 aromatic rings. The minimum Gasteiger partial charge on any atom is -0.315 e. The van der Waals surface area contributed by atoms with Crippen molar-refractivity contribution >= 4 is 35.0 Å². The molecule has 0 aliphatic carbocycles. The Morgan fingerprint density at radius 3 is 2.54 bits per heavy atom. The van der Waals surface area contributed by atoms with E-state index in [1.807, 2.05) is 66.1 Å². The quantitative estimate of drug-likeness (QED) is 0.408. The zero-order valence-electron chi connectivity index (χ0n) is 15.7. The molecule has 1 aromatic heterocycles. The number of thioether (sulfide) groups is 1. The molecule has 0 radical (unpaired) electrons. The first-order chi connectivity index (χ1) is 13.5. The molecule has 0 aliphatic rings. The number of nitrogens with zero attached hydrogens (tertiary/aromatic N) is 4. The van der Waals surface area contributed by atoms with Crippen LogP contribution in [0.2, 0.25) is 5.02 Å². The second kappa shape index (κ2) is 9.08. The third-order valence-corrected chi connectivity index (χ3v) is 5.55. The monoisotopic (exact) mass is 412 g/mol. The fourth-order valence-electron chi connectivity index (χ4n) is 2.74. The average Bonchev–Trinajstić information content (AvgIpc) is 3.10. The third kappa shape index (κ3) is 4.46. The lowest BCUT2D eigenvalue weighted by molar-refractivity contribution is -0.117. The smallest absolute Gasteiger partial charge is 0.240 e. The molecule has 0 N–H and O–H groups in total. The predicted octanol–water partition coefficient (Wildman–Crippen LogP) is 4.93. The number of para-hydroxylation sites is 1. The highest BCUT2D eigenvalue weighted by Crippen LogP contribution is 2.29. The molecule has 1 atom stereocenters. The number of carbonyl (C=O) groups excluding carboxylic acids is 1. The van der Waals surface area contributed by atoms with Gasteiger partial charge in [-0.25, -0.2) is 0 Å². The van der Waals surface area contributed by atoms with Crippen molar-refractivity contribution in [1.29, 1.82) is 0 Å². The first-order valence-electron chi connectivity index (χ1n) is 8.80. The lowest BCUT2D eigenvalue weighted by atomic mass is 10.2. The Morgan fingerprint density at radius 1 is 1.21 bits per heavy atom. The Morgan fingerprint density at radius 2 is 1.89 bits per heavy atom. The highest BCUT2D eigenvalue weighted by atomic mass is 35.5. The van der Waals surface area contributed by atoms with Gasteiger partial charge in [0.2, 0.25) is 5.91 Å². The van der Waals surface area contributed by atoms with E-state index in [1.165, 1.54) is 11.8 Å². The van der Waals surface area contributed by atoms with Gasteiger partial charge >= 0.3 is 0 Å². The number of rotatable bonds is 7. The fourth-order valence-corrected chi connectivity index (χ4v) is 3.82. The standard InChI is InChI=1S/C21H21ClN4OS/c1-4-14-26-19(16-10-12-17(22)13-11-16)23-24-21(26)28-15(2)20(27)25(3)18-8-6-5-7-9-18/h4-13,15H,1,14H2,2-3H3/t15-/m1/s1. The SMILES string of the molecule is C=CCn1c(S[C@H](C)C(=O)N(C)c2ccccc2)nnc1-c1ccc(Cl)cc1. The van der Waals surface area contributed by atoms with Gasteiger partial charge in [-0.2, -0.15) is 0 Å². The number of amides is 1. The van der Waals surface area contributed by atoms with Crippen LogP contribution in [0.25, 0.3) is 11.4 Å². The Kier molecular flexibility index (Phi) is 6.54. The molecule has 0 fully saturated rings. The zero-order valence-corrected chi connectivity index (χ0v) is 17.3. The van der Waals surface area contributed by atoms with Crippen molar-refractivity contribution in [2.24, 2.45) is 0 Å². The molecule has 0 saturated carbocycles. The second-order valence-electron chi connectivity index (χ2n) is 6.21. The van der Waals surface area contributed by atoms with Gasteiger partial charge in [0.15, 0.2) is 11.0 Å². The van der Waals surface area contributed by atoms with Crippen molar-refractivity contribution in [2.45, 2.75) is 23.9 Å². The van der Waals surface area contributed by atoms with E-state index in [0.29, 0.717) is 16.7 Å². The van der Waals surface area contributed by atoms with Crippen molar-refractivity contribution in [2.75, 3.05) is 11.9 Å². The Labute approximate surface area is 174 Å². The Bertz CT molecular complexity index is 956. The molecular weight excluding hydrogens is 392 g/mol. The lowest BCUT2D eigenvalue weighted by Crippen LogP contribution is -2.33. The summed E-state index contributed by atoms with van der Waals surface area (Å²) in [4.78, 5) is 14.5. The lowest BCUT2D eigenvalue weighted by Gasteiger charge is -2.21. The summed E-state index contributed by atoms with van der Waals surface area (Å²) in [7, 11) is 1.78. The van der Waals surface area contributed by atoms with Crippen LogP contribution in [-0.4, -0.2) is 33.0 Å². The predicted molar refractivity (Wildman–Crippen MR) is 116 cm³/mol. The normalized spacial score (nSPS) is 11.8. The number of benzene rings is 2. The highest BCUT2D eigenvalue weighted by Gasteiger charge is 2.23. The molecule has 7 heteroatoms. The van der Waals surface area contributed by atoms with Crippen LogP contribution in [0.3, 0.4) is 0 Å². The van der Waals surface area contributed by atoms with Crippen LogP contribution >= 0.6 is 23.4 Å². The average molecular weight is 413 g/mol. The molecular formula is C21H21ClN4OS. The topological polar surface area (TPSA) is 51.0 Å². The number of anilines is 1. The molecule has 1 heterocycles. The van der Waals surface area contributed by atoms with Crippen molar-refractivity contribution in [3.63, 3.8) is 0 Å². The summed E-state index contributed by atoms with van der Waals surface area (Å²) in [6, 6.07) is 17.0. The van der Waals surface area contributed by atoms with E-state index in [9.17, 15) is 4.79 Å². The number of hydrogen-bond acceptors (Lipinski definition) is 4. The summed E-state index contributed by atoms with van der Waals surface area (Å²) < 4.78 is 1.95. The molecule has 0 bridgehead atoms. The molecule has 0 aliphatic heterocycles. The fraction of sp³-hybridized carbons (Fsp3) is 0.190. The summed E-state index contributed by atoms with van der Waals surface area (Å²) in [6.07, 6.45) is 1.79. The molecule has 144 valence electrons. The second-order valence-corrected chi connectivity index (χ2v) is 7.95. The molecule has 28 heavy (non-hydrogen) atoms. The maximum absolute atomic E-state index is 12.8. The van der Waals surface area contributed by atoms with Crippen LogP contribution in [-0.2, 0) is 11.3 Å². The van der Waals surface area contributed by atoms with E-state index >= 15 is 0 Å². The first kappa shape index (κ1) is 20.2. The molecule has 2 aromatic carbocycles. The van der Waals surface area contributed by atoms with Crippen molar-refractivity contribution in [3.05, 3.63) is 72.3 Å². The molecule has 0 saturated heterocycles. The van der Waals surface area contributed by atoms with Gasteiger partial charge in [-0.1, -0.05) is 47.6 Å². The number of carbonyl (C=O) groups is 1. The van der Waals surface area contributed by atoms with Gasteiger partial charge in [-0.3, -0.25) is 9.36 Å². The van der Waals surface area contributed by atoms with E-state index in [2.05, 4.69) is 16.8 Å². The van der Waals surface area contributed by atoms with E-state index in [1.54, 1.807) is 18.0 Å². The van der Waals surface area contributed by atoms with Gasteiger partial charge in [0.05, 0.1) is 5.25 Å². The maximum Gasteiger partial charge on any atom is 0.240 e. The van der Waals surface area contributed by atoms with Crippen molar-refractivity contribution in [3.8, 4) is 11.4 Å². The molecule has 0 spiro atoms. The Balaban J connectivity index is 1.82. The van der Waals surface area contributed by atoms with Gasteiger partial charge in [0.1, 0.15) is 0 Å². The van der Waals surface area contributed by atoms with Crippen LogP contribution in [0.1, 0.15) is 6.92 Å². The number of aromatic nitrogens is 3. The maximum atomic E-state index is 12.8. The van der Waals surface area contributed by atoms with E-state index in [-0.39, 0.29) is 11.2 Å². The van der Waals surface area contributed by atoms with Crippen LogP contribution < -0.4 is 4.90 Å². The van der Waals surface area contributed by atoms with Gasteiger partial charge in [0, 0.05) is 29.9 Å². The highest BCUT2D eigenvalue weighted by molar-refractivity contribution is 8.00. The number of hydrogen-bond donors (Lipinski definition) is 0. The van der Waals surface area contributed by atoms with Gasteiger partial charge in [-0.05, 0) is 43.3 Å². The van der Waals surface area contributed by atoms with E-state index in [0.717, 1.165) is 17.1 Å². The Hall–Kier alpha value is -2.57.